The summed E-state index contributed by atoms with van der Waals surface area (Å²) >= 11 is 7.54. The number of carbonyl (C=O) groups is 1. The Morgan fingerprint density at radius 3 is 2.80 bits per heavy atom. The van der Waals surface area contributed by atoms with Gasteiger partial charge in [-0.2, -0.15) is 0 Å². The van der Waals surface area contributed by atoms with Gasteiger partial charge in [0.25, 0.3) is 0 Å². The number of halogens is 2. The van der Waals surface area contributed by atoms with Crippen LogP contribution in [0.5, 0.6) is 0 Å². The fraction of sp³-hybridized carbons (Fsp3) is 0.483. The van der Waals surface area contributed by atoms with E-state index in [2.05, 4.69) is 25.1 Å². The standard InChI is InChI=1S/C29H34ClFN6O2S/c30-21-16-19(7-8-22(21)31)34-28-27-20-9-11-37(17-25(20)40-29(27)33-18-32-28)26(39)6-3-10-35-12-14-36(15-13-35)23-4-1-2-5-24(23)38/h3,6-8,16,18,23-24,38H,1-2,4-5,9-15,17H2,(H,32,33,34)/b6-3+/t23?,24-/m1/s1. The largest absolute Gasteiger partial charge is 0.391 e. The van der Waals surface area contributed by atoms with Crippen LogP contribution >= 0.6 is 22.9 Å². The zero-order chi connectivity index (χ0) is 27.6. The number of aliphatic hydroxyl groups excluding tert-OH is 1. The number of rotatable bonds is 6. The van der Waals surface area contributed by atoms with Crippen molar-refractivity contribution in [3.63, 3.8) is 0 Å². The van der Waals surface area contributed by atoms with Crippen LogP contribution < -0.4 is 5.32 Å². The minimum atomic E-state index is -0.468. The number of hydrogen-bond donors (Lipinski definition) is 2. The van der Waals surface area contributed by atoms with Gasteiger partial charge in [0.1, 0.15) is 22.8 Å². The zero-order valence-electron chi connectivity index (χ0n) is 22.4. The molecule has 1 saturated heterocycles. The Morgan fingerprint density at radius 2 is 2.00 bits per heavy atom. The molecule has 1 aromatic carbocycles. The normalized spacial score (nSPS) is 22.6. The van der Waals surface area contributed by atoms with Crippen molar-refractivity contribution >= 4 is 50.6 Å². The first-order chi connectivity index (χ1) is 19.5. The van der Waals surface area contributed by atoms with Crippen molar-refractivity contribution in [3.8, 4) is 0 Å². The van der Waals surface area contributed by atoms with Gasteiger partial charge in [0.2, 0.25) is 5.91 Å². The van der Waals surface area contributed by atoms with Gasteiger partial charge in [0.05, 0.1) is 23.1 Å². The number of amides is 1. The molecule has 1 saturated carbocycles. The summed E-state index contributed by atoms with van der Waals surface area (Å²) in [5.74, 6) is 0.213. The summed E-state index contributed by atoms with van der Waals surface area (Å²) in [6.07, 6.45) is 10.1. The number of aliphatic hydroxyl groups is 1. The molecule has 8 nitrogen and oxygen atoms in total. The average Bonchev–Trinajstić information content (AvgIpc) is 3.34. The molecule has 3 aromatic rings. The lowest BCUT2D eigenvalue weighted by Gasteiger charge is -2.42. The molecule has 0 spiro atoms. The molecule has 1 amide bonds. The van der Waals surface area contributed by atoms with E-state index in [0.29, 0.717) is 30.6 Å². The van der Waals surface area contributed by atoms with Crippen LogP contribution in [-0.2, 0) is 17.8 Å². The van der Waals surface area contributed by atoms with Crippen LogP contribution in [0.2, 0.25) is 5.02 Å². The maximum absolute atomic E-state index is 13.6. The third-order valence-corrected chi connectivity index (χ3v) is 9.74. The Morgan fingerprint density at radius 1 is 1.18 bits per heavy atom. The minimum Gasteiger partial charge on any atom is -0.391 e. The number of hydrogen-bond acceptors (Lipinski definition) is 8. The van der Waals surface area contributed by atoms with Gasteiger partial charge in [0.15, 0.2) is 0 Å². The van der Waals surface area contributed by atoms with Crippen molar-refractivity contribution in [2.24, 2.45) is 0 Å². The number of anilines is 2. The fourth-order valence-corrected chi connectivity index (χ4v) is 7.51. The maximum Gasteiger partial charge on any atom is 0.246 e. The third-order valence-electron chi connectivity index (χ3n) is 8.32. The number of benzene rings is 1. The van der Waals surface area contributed by atoms with Crippen LogP contribution in [0.1, 0.15) is 36.1 Å². The second kappa shape index (κ2) is 12.1. The van der Waals surface area contributed by atoms with Gasteiger partial charge in [-0.15, -0.1) is 11.3 Å². The average molecular weight is 585 g/mol. The molecule has 212 valence electrons. The number of thiophene rings is 1. The van der Waals surface area contributed by atoms with Crippen molar-refractivity contribution in [1.29, 1.82) is 0 Å². The van der Waals surface area contributed by atoms with Crippen molar-refractivity contribution in [1.82, 2.24) is 24.7 Å². The van der Waals surface area contributed by atoms with Crippen LogP contribution in [0, 0.1) is 5.82 Å². The van der Waals surface area contributed by atoms with E-state index in [1.54, 1.807) is 23.5 Å². The maximum atomic E-state index is 13.6. The van der Waals surface area contributed by atoms with E-state index in [1.807, 2.05) is 11.0 Å². The highest BCUT2D eigenvalue weighted by Crippen LogP contribution is 2.38. The van der Waals surface area contributed by atoms with Gasteiger partial charge in [-0.1, -0.05) is 30.5 Å². The second-order valence-corrected chi connectivity index (χ2v) is 12.3. The van der Waals surface area contributed by atoms with Gasteiger partial charge in [-0.25, -0.2) is 14.4 Å². The van der Waals surface area contributed by atoms with Crippen LogP contribution in [0.15, 0.2) is 36.7 Å². The molecule has 2 N–H and O–H groups in total. The summed E-state index contributed by atoms with van der Waals surface area (Å²) in [6.45, 7) is 5.78. The van der Waals surface area contributed by atoms with E-state index in [0.717, 1.165) is 79.1 Å². The number of fused-ring (bicyclic) bond motifs is 3. The highest BCUT2D eigenvalue weighted by molar-refractivity contribution is 7.19. The molecule has 4 heterocycles. The number of carbonyl (C=O) groups excluding carboxylic acids is 1. The van der Waals surface area contributed by atoms with Crippen molar-refractivity contribution < 1.29 is 14.3 Å². The molecule has 2 aromatic heterocycles. The summed E-state index contributed by atoms with van der Waals surface area (Å²) in [5, 5.41) is 14.6. The van der Waals surface area contributed by atoms with Crippen LogP contribution in [-0.4, -0.2) is 87.1 Å². The molecule has 40 heavy (non-hydrogen) atoms. The van der Waals surface area contributed by atoms with E-state index in [4.69, 9.17) is 11.6 Å². The molecule has 1 aliphatic carbocycles. The van der Waals surface area contributed by atoms with Crippen LogP contribution in [0.3, 0.4) is 0 Å². The topological polar surface area (TPSA) is 84.8 Å². The van der Waals surface area contributed by atoms with Gasteiger partial charge in [0, 0.05) is 62.0 Å². The van der Waals surface area contributed by atoms with Gasteiger partial charge >= 0.3 is 0 Å². The van der Waals surface area contributed by atoms with E-state index in [1.165, 1.54) is 24.9 Å². The van der Waals surface area contributed by atoms with Crippen molar-refractivity contribution in [2.45, 2.75) is 50.8 Å². The summed E-state index contributed by atoms with van der Waals surface area (Å²) in [6, 6.07) is 4.80. The molecular formula is C29H34ClFN6O2S. The molecule has 3 aliphatic rings. The van der Waals surface area contributed by atoms with E-state index in [9.17, 15) is 14.3 Å². The van der Waals surface area contributed by atoms with E-state index < -0.39 is 5.82 Å². The minimum absolute atomic E-state index is 0.0254. The van der Waals surface area contributed by atoms with Crippen molar-refractivity contribution in [2.75, 3.05) is 44.6 Å². The monoisotopic (exact) mass is 584 g/mol. The highest BCUT2D eigenvalue weighted by atomic mass is 35.5. The number of nitrogens with zero attached hydrogens (tertiary/aromatic N) is 5. The summed E-state index contributed by atoms with van der Waals surface area (Å²) < 4.78 is 13.6. The van der Waals surface area contributed by atoms with Crippen LogP contribution in [0.25, 0.3) is 10.2 Å². The fourth-order valence-electron chi connectivity index (χ4n) is 6.12. The van der Waals surface area contributed by atoms with E-state index in [-0.39, 0.29) is 17.0 Å². The Balaban J connectivity index is 1.05. The predicted octanol–water partition coefficient (Wildman–Crippen LogP) is 4.59. The molecule has 11 heteroatoms. The second-order valence-electron chi connectivity index (χ2n) is 10.8. The first-order valence-corrected chi connectivity index (χ1v) is 15.2. The Hall–Kier alpha value is -2.63. The highest BCUT2D eigenvalue weighted by Gasteiger charge is 2.31. The smallest absolute Gasteiger partial charge is 0.246 e. The van der Waals surface area contributed by atoms with Crippen molar-refractivity contribution in [3.05, 3.63) is 58.0 Å². The summed E-state index contributed by atoms with van der Waals surface area (Å²) in [4.78, 5) is 30.6. The molecule has 6 rings (SSSR count). The molecular weight excluding hydrogens is 551 g/mol. The molecule has 2 atom stereocenters. The van der Waals surface area contributed by atoms with E-state index >= 15 is 0 Å². The van der Waals surface area contributed by atoms with Gasteiger partial charge in [-0.05, 0) is 43.0 Å². The Bertz CT molecular complexity index is 1410. The SMILES string of the molecule is O=C(/C=C/CN1CCN(C2CCCC[C@H]2O)CC1)N1CCc2c(sc3ncnc(Nc4ccc(F)c(Cl)c4)c23)C1. The lowest BCUT2D eigenvalue weighted by molar-refractivity contribution is -0.126. The third kappa shape index (κ3) is 5.87. The first-order valence-electron chi connectivity index (χ1n) is 14.0. The Kier molecular flexibility index (Phi) is 8.32. The Labute approximate surface area is 242 Å². The zero-order valence-corrected chi connectivity index (χ0v) is 23.9. The quantitative estimate of drug-likeness (QED) is 0.410. The molecule has 2 fully saturated rings. The molecule has 1 unspecified atom stereocenters. The number of aromatic nitrogens is 2. The molecule has 0 radical (unpaired) electrons. The molecule has 2 aliphatic heterocycles. The lowest BCUT2D eigenvalue weighted by atomic mass is 9.91. The lowest BCUT2D eigenvalue weighted by Crippen LogP contribution is -2.54. The first kappa shape index (κ1) is 27.5. The summed E-state index contributed by atoms with van der Waals surface area (Å²) in [7, 11) is 0. The van der Waals surface area contributed by atoms with Gasteiger partial charge < -0.3 is 15.3 Å². The summed E-state index contributed by atoms with van der Waals surface area (Å²) in [5.41, 5.74) is 1.81. The van der Waals surface area contributed by atoms with Crippen LogP contribution in [0.4, 0.5) is 15.9 Å². The number of nitrogens with one attached hydrogen (secondary N) is 1. The number of piperazine rings is 1. The predicted molar refractivity (Wildman–Crippen MR) is 157 cm³/mol. The molecule has 0 bridgehead atoms. The van der Waals surface area contributed by atoms with Gasteiger partial charge in [-0.3, -0.25) is 14.6 Å².